The summed E-state index contributed by atoms with van der Waals surface area (Å²) in [6, 6.07) is 6.66. The van der Waals surface area contributed by atoms with Crippen LogP contribution in [0.5, 0.6) is 0 Å². The number of amides is 3. The average Bonchev–Trinajstić information content (AvgIpc) is 3.13. The molecule has 1 aromatic heterocycles. The van der Waals surface area contributed by atoms with Gasteiger partial charge in [0.05, 0.1) is 12.1 Å². The van der Waals surface area contributed by atoms with E-state index >= 15 is 0 Å². The number of anilines is 1. The quantitative estimate of drug-likeness (QED) is 0.556. The van der Waals surface area contributed by atoms with E-state index in [4.69, 9.17) is 11.6 Å². The van der Waals surface area contributed by atoms with Crippen molar-refractivity contribution in [3.05, 3.63) is 45.9 Å². The van der Waals surface area contributed by atoms with Crippen molar-refractivity contribution in [1.82, 2.24) is 15.2 Å². The molecule has 2 aromatic rings. The van der Waals surface area contributed by atoms with Crippen molar-refractivity contribution in [1.29, 1.82) is 0 Å². The lowest BCUT2D eigenvalue weighted by Crippen LogP contribution is -2.38. The van der Waals surface area contributed by atoms with E-state index in [0.717, 1.165) is 6.42 Å². The Balaban J connectivity index is 1.93. The second kappa shape index (κ2) is 11.8. The zero-order chi connectivity index (χ0) is 23.0. The zero-order valence-electron chi connectivity index (χ0n) is 18.3. The number of aromatic nitrogens is 1. The molecule has 0 aliphatic heterocycles. The minimum absolute atomic E-state index is 0.0769. The summed E-state index contributed by atoms with van der Waals surface area (Å²) >= 11 is 7.13. The van der Waals surface area contributed by atoms with Gasteiger partial charge in [0.2, 0.25) is 11.8 Å². The first kappa shape index (κ1) is 24.8. The average molecular weight is 465 g/mol. The summed E-state index contributed by atoms with van der Waals surface area (Å²) in [5.41, 5.74) is 1.07. The highest BCUT2D eigenvalue weighted by Crippen LogP contribution is 2.17. The lowest BCUT2D eigenvalue weighted by Gasteiger charge is -2.21. The fraction of sp³-hybridized carbons (Fsp3) is 0.455. The van der Waals surface area contributed by atoms with Gasteiger partial charge in [-0.3, -0.25) is 14.4 Å². The van der Waals surface area contributed by atoms with Crippen LogP contribution in [0.4, 0.5) is 5.13 Å². The Kier molecular flexibility index (Phi) is 9.45. The molecule has 0 bridgehead atoms. The van der Waals surface area contributed by atoms with Gasteiger partial charge in [0.15, 0.2) is 5.13 Å². The van der Waals surface area contributed by atoms with Crippen molar-refractivity contribution < 1.29 is 14.4 Å². The van der Waals surface area contributed by atoms with Crippen LogP contribution in [-0.2, 0) is 16.0 Å². The minimum atomic E-state index is -0.338. The highest BCUT2D eigenvalue weighted by molar-refractivity contribution is 7.13. The van der Waals surface area contributed by atoms with Crippen LogP contribution in [0.25, 0.3) is 0 Å². The smallest absolute Gasteiger partial charge is 0.254 e. The molecule has 1 atom stereocenters. The third-order valence-corrected chi connectivity index (χ3v) is 5.79. The number of benzene rings is 1. The fourth-order valence-corrected chi connectivity index (χ4v) is 3.56. The summed E-state index contributed by atoms with van der Waals surface area (Å²) < 4.78 is 0. The maximum atomic E-state index is 12.7. The van der Waals surface area contributed by atoms with Gasteiger partial charge in [-0.25, -0.2) is 4.98 Å². The molecular formula is C22H29ClN4O3S. The van der Waals surface area contributed by atoms with Gasteiger partial charge >= 0.3 is 0 Å². The van der Waals surface area contributed by atoms with Crippen LogP contribution in [0.1, 0.15) is 50.2 Å². The Bertz CT molecular complexity index is 898. The molecule has 31 heavy (non-hydrogen) atoms. The number of rotatable bonds is 10. The standard InChI is InChI=1S/C22H29ClN4O3S/c1-5-10-27(21(30)16-6-8-17(23)9-7-16)12-20(29)26-22-25-18(13-31-22)11-19(28)24-15(4)14(2)3/h6-9,13-15H,5,10-12H2,1-4H3,(H,24,28)(H,25,26,29). The zero-order valence-corrected chi connectivity index (χ0v) is 19.8. The van der Waals surface area contributed by atoms with Crippen molar-refractivity contribution in [2.24, 2.45) is 5.92 Å². The number of hydrogen-bond donors (Lipinski definition) is 2. The van der Waals surface area contributed by atoms with Crippen LogP contribution in [0.2, 0.25) is 5.02 Å². The molecule has 1 aromatic carbocycles. The molecule has 0 saturated carbocycles. The second-order valence-electron chi connectivity index (χ2n) is 7.70. The Hall–Kier alpha value is -2.45. The van der Waals surface area contributed by atoms with E-state index in [1.807, 2.05) is 27.7 Å². The first-order chi connectivity index (χ1) is 14.7. The van der Waals surface area contributed by atoms with Gasteiger partial charge in [-0.2, -0.15) is 0 Å². The molecule has 0 fully saturated rings. The number of carbonyl (C=O) groups is 3. The molecule has 1 unspecified atom stereocenters. The molecule has 0 saturated heterocycles. The fourth-order valence-electron chi connectivity index (χ4n) is 2.71. The molecule has 2 N–H and O–H groups in total. The highest BCUT2D eigenvalue weighted by Gasteiger charge is 2.19. The predicted molar refractivity (Wildman–Crippen MR) is 125 cm³/mol. The summed E-state index contributed by atoms with van der Waals surface area (Å²) in [5.74, 6) is -0.332. The van der Waals surface area contributed by atoms with E-state index in [1.54, 1.807) is 29.6 Å². The minimum Gasteiger partial charge on any atom is -0.353 e. The van der Waals surface area contributed by atoms with E-state index in [-0.39, 0.29) is 36.7 Å². The first-order valence-electron chi connectivity index (χ1n) is 10.3. The van der Waals surface area contributed by atoms with E-state index in [2.05, 4.69) is 15.6 Å². The number of hydrogen-bond acceptors (Lipinski definition) is 5. The molecule has 3 amide bonds. The van der Waals surface area contributed by atoms with Crippen LogP contribution < -0.4 is 10.6 Å². The van der Waals surface area contributed by atoms with Gasteiger partial charge in [0, 0.05) is 28.6 Å². The molecule has 0 aliphatic carbocycles. The van der Waals surface area contributed by atoms with Gasteiger partial charge in [-0.1, -0.05) is 32.4 Å². The molecule has 168 valence electrons. The van der Waals surface area contributed by atoms with Crippen molar-refractivity contribution in [2.75, 3.05) is 18.4 Å². The second-order valence-corrected chi connectivity index (χ2v) is 9.00. The Labute approximate surface area is 192 Å². The van der Waals surface area contributed by atoms with Gasteiger partial charge < -0.3 is 15.5 Å². The molecule has 1 heterocycles. The Morgan fingerprint density at radius 1 is 1.13 bits per heavy atom. The highest BCUT2D eigenvalue weighted by atomic mass is 35.5. The summed E-state index contributed by atoms with van der Waals surface area (Å²) in [6.07, 6.45) is 0.873. The van der Waals surface area contributed by atoms with Crippen molar-refractivity contribution >= 4 is 45.8 Å². The van der Waals surface area contributed by atoms with E-state index < -0.39 is 0 Å². The molecular weight excluding hydrogens is 436 g/mol. The number of carbonyl (C=O) groups excluding carboxylic acids is 3. The van der Waals surface area contributed by atoms with Gasteiger partial charge in [0.25, 0.3) is 5.91 Å². The normalized spacial score (nSPS) is 11.8. The van der Waals surface area contributed by atoms with Gasteiger partial charge in [-0.05, 0) is 43.5 Å². The summed E-state index contributed by atoms with van der Waals surface area (Å²) in [5, 5.41) is 8.35. The summed E-state index contributed by atoms with van der Waals surface area (Å²) in [7, 11) is 0. The van der Waals surface area contributed by atoms with Crippen molar-refractivity contribution in [3.8, 4) is 0 Å². The third kappa shape index (κ3) is 7.95. The third-order valence-electron chi connectivity index (χ3n) is 4.73. The number of nitrogens with zero attached hydrogens (tertiary/aromatic N) is 2. The number of nitrogens with one attached hydrogen (secondary N) is 2. The number of halogens is 1. The van der Waals surface area contributed by atoms with Gasteiger partial charge in [0.1, 0.15) is 6.54 Å². The largest absolute Gasteiger partial charge is 0.353 e. The van der Waals surface area contributed by atoms with Crippen LogP contribution in [0.15, 0.2) is 29.6 Å². The maximum Gasteiger partial charge on any atom is 0.254 e. The Morgan fingerprint density at radius 3 is 2.42 bits per heavy atom. The van der Waals surface area contributed by atoms with Crippen LogP contribution in [-0.4, -0.2) is 46.7 Å². The molecule has 0 aliphatic rings. The summed E-state index contributed by atoms with van der Waals surface area (Å²) in [6.45, 7) is 8.35. The lowest BCUT2D eigenvalue weighted by molar-refractivity contribution is -0.121. The molecule has 7 nitrogen and oxygen atoms in total. The van der Waals surface area contributed by atoms with E-state index in [1.165, 1.54) is 16.2 Å². The van der Waals surface area contributed by atoms with E-state index in [9.17, 15) is 14.4 Å². The summed E-state index contributed by atoms with van der Waals surface area (Å²) in [4.78, 5) is 43.2. The maximum absolute atomic E-state index is 12.7. The molecule has 2 rings (SSSR count). The monoisotopic (exact) mass is 464 g/mol. The van der Waals surface area contributed by atoms with Gasteiger partial charge in [-0.15, -0.1) is 11.3 Å². The van der Waals surface area contributed by atoms with Crippen LogP contribution in [0, 0.1) is 5.92 Å². The van der Waals surface area contributed by atoms with Crippen molar-refractivity contribution in [3.63, 3.8) is 0 Å². The first-order valence-corrected chi connectivity index (χ1v) is 11.5. The van der Waals surface area contributed by atoms with Crippen LogP contribution >= 0.6 is 22.9 Å². The topological polar surface area (TPSA) is 91.4 Å². The van der Waals surface area contributed by atoms with Crippen LogP contribution in [0.3, 0.4) is 0 Å². The predicted octanol–water partition coefficient (Wildman–Crippen LogP) is 3.99. The molecule has 0 radical (unpaired) electrons. The lowest BCUT2D eigenvalue weighted by atomic mass is 10.1. The van der Waals surface area contributed by atoms with E-state index in [0.29, 0.717) is 33.9 Å². The number of thiazole rings is 1. The SMILES string of the molecule is CCCN(CC(=O)Nc1nc(CC(=O)NC(C)C(C)C)cs1)C(=O)c1ccc(Cl)cc1. The molecule has 9 heteroatoms. The van der Waals surface area contributed by atoms with Crippen molar-refractivity contribution in [2.45, 2.75) is 46.6 Å². The molecule has 0 spiro atoms. The Morgan fingerprint density at radius 2 is 1.81 bits per heavy atom.